The smallest absolute Gasteiger partial charge is 0.253 e. The van der Waals surface area contributed by atoms with Crippen LogP contribution in [0.3, 0.4) is 0 Å². The van der Waals surface area contributed by atoms with E-state index in [-0.39, 0.29) is 5.56 Å². The molecule has 0 aliphatic carbocycles. The average Bonchev–Trinajstić information content (AvgIpc) is 2.85. The zero-order valence-corrected chi connectivity index (χ0v) is 21.2. The molecule has 0 bridgehead atoms. The third-order valence-electron chi connectivity index (χ3n) is 5.77. The molecule has 0 aliphatic rings. The zero-order valence-electron chi connectivity index (χ0n) is 20.4. The van der Waals surface area contributed by atoms with Gasteiger partial charge in [-0.25, -0.2) is 0 Å². The summed E-state index contributed by atoms with van der Waals surface area (Å²) in [5.74, 6) is 1.56. The van der Waals surface area contributed by atoms with Crippen molar-refractivity contribution in [2.24, 2.45) is 0 Å². The van der Waals surface area contributed by atoms with Crippen LogP contribution in [0.15, 0.2) is 53.3 Å². The first-order valence-corrected chi connectivity index (χ1v) is 12.1. The van der Waals surface area contributed by atoms with Crippen LogP contribution < -0.4 is 20.3 Å². The summed E-state index contributed by atoms with van der Waals surface area (Å²) < 4.78 is 10.9. The van der Waals surface area contributed by atoms with Crippen molar-refractivity contribution < 1.29 is 9.47 Å². The van der Waals surface area contributed by atoms with Crippen LogP contribution in [-0.2, 0) is 6.54 Å². The van der Waals surface area contributed by atoms with Gasteiger partial charge in [0.25, 0.3) is 5.56 Å². The number of hydrogen-bond acceptors (Lipinski definition) is 5. The number of ether oxygens (including phenoxy) is 2. The van der Waals surface area contributed by atoms with Crippen LogP contribution in [0.5, 0.6) is 11.5 Å². The molecule has 1 aromatic heterocycles. The number of benzene rings is 2. The summed E-state index contributed by atoms with van der Waals surface area (Å²) in [5, 5.41) is 4.81. The molecular formula is C26H34N4O3S. The normalized spacial score (nSPS) is 11.0. The predicted molar refractivity (Wildman–Crippen MR) is 143 cm³/mol. The first-order valence-electron chi connectivity index (χ1n) is 11.7. The number of likely N-dealkylation sites (N-methyl/N-ethyl adjacent to an activating group) is 1. The summed E-state index contributed by atoms with van der Waals surface area (Å²) in [4.78, 5) is 20.3. The molecule has 3 rings (SSSR count). The van der Waals surface area contributed by atoms with E-state index in [0.29, 0.717) is 30.4 Å². The second-order valence-corrected chi connectivity index (χ2v) is 8.30. The Kier molecular flexibility index (Phi) is 9.30. The highest BCUT2D eigenvalue weighted by molar-refractivity contribution is 7.80. The van der Waals surface area contributed by atoms with Gasteiger partial charge >= 0.3 is 0 Å². The number of aromatic amines is 1. The summed E-state index contributed by atoms with van der Waals surface area (Å²) >= 11 is 5.77. The summed E-state index contributed by atoms with van der Waals surface area (Å²) in [6.07, 6.45) is 0. The Morgan fingerprint density at radius 2 is 1.71 bits per heavy atom. The molecule has 7 nitrogen and oxygen atoms in total. The molecule has 0 aliphatic heterocycles. The Bertz CT molecular complexity index is 1140. The van der Waals surface area contributed by atoms with E-state index in [1.165, 1.54) is 0 Å². The van der Waals surface area contributed by atoms with Gasteiger partial charge in [-0.3, -0.25) is 4.79 Å². The highest BCUT2D eigenvalue weighted by Crippen LogP contribution is 2.20. The Labute approximate surface area is 206 Å². The van der Waals surface area contributed by atoms with Gasteiger partial charge in [0.05, 0.1) is 20.3 Å². The van der Waals surface area contributed by atoms with E-state index in [9.17, 15) is 4.79 Å². The van der Waals surface area contributed by atoms with Crippen molar-refractivity contribution >= 4 is 33.9 Å². The van der Waals surface area contributed by atoms with Crippen LogP contribution in [0.1, 0.15) is 26.3 Å². The fraction of sp³-hybridized carbons (Fsp3) is 0.385. The van der Waals surface area contributed by atoms with Gasteiger partial charge in [0.1, 0.15) is 11.5 Å². The van der Waals surface area contributed by atoms with E-state index >= 15 is 0 Å². The summed E-state index contributed by atoms with van der Waals surface area (Å²) in [6.45, 7) is 10.7. The van der Waals surface area contributed by atoms with Crippen molar-refractivity contribution in [1.29, 1.82) is 0 Å². The van der Waals surface area contributed by atoms with Crippen molar-refractivity contribution in [3.63, 3.8) is 0 Å². The van der Waals surface area contributed by atoms with Crippen LogP contribution in [0.25, 0.3) is 10.9 Å². The number of fused-ring (bicyclic) bond motifs is 1. The van der Waals surface area contributed by atoms with Gasteiger partial charge in [0.15, 0.2) is 5.11 Å². The van der Waals surface area contributed by atoms with Crippen LogP contribution in [0.2, 0.25) is 0 Å². The molecular weight excluding hydrogens is 448 g/mol. The summed E-state index contributed by atoms with van der Waals surface area (Å²) in [5.41, 5.74) is 2.19. The van der Waals surface area contributed by atoms with Gasteiger partial charge in [-0.05, 0) is 80.8 Å². The van der Waals surface area contributed by atoms with Crippen molar-refractivity contribution in [2.45, 2.75) is 27.3 Å². The quantitative estimate of drug-likeness (QED) is 0.391. The van der Waals surface area contributed by atoms with E-state index < -0.39 is 0 Å². The number of H-pyrrole nitrogens is 1. The topological polar surface area (TPSA) is 69.8 Å². The van der Waals surface area contributed by atoms with E-state index in [0.717, 1.165) is 47.7 Å². The van der Waals surface area contributed by atoms with E-state index in [2.05, 4.69) is 29.0 Å². The first-order chi connectivity index (χ1) is 16.5. The number of rotatable bonds is 11. The maximum Gasteiger partial charge on any atom is 0.253 e. The molecule has 0 saturated heterocycles. The molecule has 3 aromatic rings. The number of hydrogen-bond donors (Lipinski definition) is 2. The molecule has 0 unspecified atom stereocenters. The van der Waals surface area contributed by atoms with Gasteiger partial charge in [0.2, 0.25) is 0 Å². The van der Waals surface area contributed by atoms with Crippen LogP contribution in [-0.4, -0.2) is 59.8 Å². The SMILES string of the molecule is CCOc1ccc2[nH]c(=O)c(CN(CCN(CC)CC)C(=S)Nc3ccc(OC)cc3)cc2c1. The van der Waals surface area contributed by atoms with Crippen LogP contribution in [0, 0.1) is 0 Å². The van der Waals surface area contributed by atoms with Gasteiger partial charge in [-0.1, -0.05) is 13.8 Å². The molecule has 0 spiro atoms. The first kappa shape index (κ1) is 25.5. The van der Waals surface area contributed by atoms with Crippen molar-refractivity contribution in [2.75, 3.05) is 45.2 Å². The number of pyridine rings is 1. The van der Waals surface area contributed by atoms with E-state index in [1.807, 2.05) is 60.4 Å². The number of aromatic nitrogens is 1. The lowest BCUT2D eigenvalue weighted by Crippen LogP contribution is -2.41. The molecule has 8 heteroatoms. The third-order valence-corrected chi connectivity index (χ3v) is 6.13. The maximum absolute atomic E-state index is 12.9. The predicted octanol–water partition coefficient (Wildman–Crippen LogP) is 4.48. The summed E-state index contributed by atoms with van der Waals surface area (Å²) in [6, 6.07) is 15.2. The highest BCUT2D eigenvalue weighted by Gasteiger charge is 2.15. The fourth-order valence-electron chi connectivity index (χ4n) is 3.74. The van der Waals surface area contributed by atoms with Gasteiger partial charge < -0.3 is 29.6 Å². The Balaban J connectivity index is 1.85. The minimum Gasteiger partial charge on any atom is -0.497 e. The maximum atomic E-state index is 12.9. The number of nitrogens with one attached hydrogen (secondary N) is 2. The second kappa shape index (κ2) is 12.4. The zero-order chi connectivity index (χ0) is 24.5. The largest absolute Gasteiger partial charge is 0.497 e. The standard InChI is InChI=1S/C26H34N4O3S/c1-5-29(6-2)14-15-30(26(34)27-21-8-10-22(32-4)11-9-21)18-20-16-19-17-23(33-7-3)12-13-24(19)28-25(20)31/h8-13,16-17H,5-7,14-15,18H2,1-4H3,(H,27,34)(H,28,31). The number of methoxy groups -OCH3 is 1. The van der Waals surface area contributed by atoms with Gasteiger partial charge in [-0.15, -0.1) is 0 Å². The molecule has 0 atom stereocenters. The van der Waals surface area contributed by atoms with Crippen molar-refractivity contribution in [3.05, 3.63) is 64.4 Å². The minimum absolute atomic E-state index is 0.114. The second-order valence-electron chi connectivity index (χ2n) is 7.91. The van der Waals surface area contributed by atoms with Crippen molar-refractivity contribution in [1.82, 2.24) is 14.8 Å². The third kappa shape index (κ3) is 6.71. The lowest BCUT2D eigenvalue weighted by Gasteiger charge is -2.29. The highest BCUT2D eigenvalue weighted by atomic mass is 32.1. The molecule has 2 aromatic carbocycles. The summed E-state index contributed by atoms with van der Waals surface area (Å²) in [7, 11) is 1.64. The number of thiocarbonyl (C=S) groups is 1. The number of nitrogens with zero attached hydrogens (tertiary/aromatic N) is 2. The van der Waals surface area contributed by atoms with Gasteiger partial charge in [0, 0.05) is 35.2 Å². The molecule has 0 radical (unpaired) electrons. The Morgan fingerprint density at radius 3 is 2.35 bits per heavy atom. The molecule has 34 heavy (non-hydrogen) atoms. The monoisotopic (exact) mass is 482 g/mol. The van der Waals surface area contributed by atoms with Crippen molar-refractivity contribution in [3.8, 4) is 11.5 Å². The number of anilines is 1. The molecule has 0 amide bonds. The lowest BCUT2D eigenvalue weighted by molar-refractivity contribution is 0.266. The van der Waals surface area contributed by atoms with Gasteiger partial charge in [-0.2, -0.15) is 0 Å². The lowest BCUT2D eigenvalue weighted by atomic mass is 10.1. The average molecular weight is 483 g/mol. The molecule has 182 valence electrons. The Hall–Kier alpha value is -3.10. The van der Waals surface area contributed by atoms with E-state index in [4.69, 9.17) is 21.7 Å². The molecule has 0 saturated carbocycles. The minimum atomic E-state index is -0.114. The Morgan fingerprint density at radius 1 is 1.00 bits per heavy atom. The fourth-order valence-corrected chi connectivity index (χ4v) is 4.01. The molecule has 0 fully saturated rings. The van der Waals surface area contributed by atoms with Crippen LogP contribution in [0.4, 0.5) is 5.69 Å². The van der Waals surface area contributed by atoms with Crippen LogP contribution >= 0.6 is 12.2 Å². The molecule has 2 N–H and O–H groups in total. The van der Waals surface area contributed by atoms with E-state index in [1.54, 1.807) is 7.11 Å². The molecule has 1 heterocycles.